The number of rotatable bonds is 5. The number of aromatic amines is 1. The SMILES string of the molecule is CCc1ccc(NC(=O)C2CCCN(C(=O)c3cc(-c4ccncc4)n[nH]3)C2)cc1. The van der Waals surface area contributed by atoms with Crippen molar-refractivity contribution in [3.63, 3.8) is 0 Å². The molecular weight excluding hydrogens is 378 g/mol. The maximum Gasteiger partial charge on any atom is 0.271 e. The monoisotopic (exact) mass is 403 g/mol. The van der Waals surface area contributed by atoms with Gasteiger partial charge in [0.05, 0.1) is 11.6 Å². The molecule has 0 bridgehead atoms. The number of hydrogen-bond donors (Lipinski definition) is 2. The van der Waals surface area contributed by atoms with Crippen LogP contribution in [0.5, 0.6) is 0 Å². The van der Waals surface area contributed by atoms with Gasteiger partial charge in [-0.05, 0) is 55.2 Å². The Morgan fingerprint density at radius 1 is 1.17 bits per heavy atom. The number of carbonyl (C=O) groups is 2. The van der Waals surface area contributed by atoms with Crippen molar-refractivity contribution in [2.75, 3.05) is 18.4 Å². The van der Waals surface area contributed by atoms with Crippen molar-refractivity contribution in [1.29, 1.82) is 0 Å². The molecule has 2 N–H and O–H groups in total. The molecule has 0 saturated carbocycles. The Morgan fingerprint density at radius 2 is 1.93 bits per heavy atom. The van der Waals surface area contributed by atoms with Gasteiger partial charge in [-0.15, -0.1) is 0 Å². The molecule has 4 rings (SSSR count). The lowest BCUT2D eigenvalue weighted by molar-refractivity contribution is -0.121. The van der Waals surface area contributed by atoms with E-state index < -0.39 is 0 Å². The number of pyridine rings is 1. The van der Waals surface area contributed by atoms with Gasteiger partial charge in [0.1, 0.15) is 5.69 Å². The average Bonchev–Trinajstić information content (AvgIpc) is 3.30. The summed E-state index contributed by atoms with van der Waals surface area (Å²) in [6.07, 6.45) is 5.91. The van der Waals surface area contributed by atoms with Crippen LogP contribution in [0.4, 0.5) is 5.69 Å². The van der Waals surface area contributed by atoms with Crippen LogP contribution in [0.1, 0.15) is 35.8 Å². The Kier molecular flexibility index (Phi) is 5.88. The molecule has 7 nitrogen and oxygen atoms in total. The number of hydrogen-bond acceptors (Lipinski definition) is 4. The lowest BCUT2D eigenvalue weighted by atomic mass is 9.96. The number of likely N-dealkylation sites (tertiary alicyclic amines) is 1. The van der Waals surface area contributed by atoms with Crippen LogP contribution in [-0.4, -0.2) is 45.0 Å². The molecule has 1 aliphatic heterocycles. The van der Waals surface area contributed by atoms with Gasteiger partial charge in [-0.2, -0.15) is 5.10 Å². The zero-order valence-electron chi connectivity index (χ0n) is 17.0. The lowest BCUT2D eigenvalue weighted by Gasteiger charge is -2.31. The minimum Gasteiger partial charge on any atom is -0.337 e. The van der Waals surface area contributed by atoms with E-state index in [0.717, 1.165) is 30.5 Å². The number of nitrogens with zero attached hydrogens (tertiary/aromatic N) is 3. The molecule has 1 atom stereocenters. The molecule has 1 unspecified atom stereocenters. The fraction of sp³-hybridized carbons (Fsp3) is 0.304. The molecule has 7 heteroatoms. The largest absolute Gasteiger partial charge is 0.337 e. The number of nitrogens with one attached hydrogen (secondary N) is 2. The molecule has 1 saturated heterocycles. The van der Waals surface area contributed by atoms with Gasteiger partial charge in [-0.3, -0.25) is 19.7 Å². The highest BCUT2D eigenvalue weighted by Crippen LogP contribution is 2.22. The van der Waals surface area contributed by atoms with Crippen molar-refractivity contribution in [3.8, 4) is 11.3 Å². The predicted molar refractivity (Wildman–Crippen MR) is 115 cm³/mol. The first kappa shape index (κ1) is 19.8. The molecule has 30 heavy (non-hydrogen) atoms. The Hall–Kier alpha value is -3.48. The lowest BCUT2D eigenvalue weighted by Crippen LogP contribution is -2.43. The molecule has 1 fully saturated rings. The second-order valence-electron chi connectivity index (χ2n) is 7.53. The number of aromatic nitrogens is 3. The third-order valence-corrected chi connectivity index (χ3v) is 5.49. The van der Waals surface area contributed by atoms with Crippen LogP contribution in [0.15, 0.2) is 54.9 Å². The second kappa shape index (κ2) is 8.90. The van der Waals surface area contributed by atoms with E-state index in [1.165, 1.54) is 5.56 Å². The van der Waals surface area contributed by atoms with Gasteiger partial charge in [0.25, 0.3) is 5.91 Å². The number of carbonyl (C=O) groups excluding carboxylic acids is 2. The molecule has 1 aromatic carbocycles. The smallest absolute Gasteiger partial charge is 0.271 e. The van der Waals surface area contributed by atoms with E-state index in [1.54, 1.807) is 23.4 Å². The van der Waals surface area contributed by atoms with E-state index >= 15 is 0 Å². The van der Waals surface area contributed by atoms with Crippen LogP contribution in [-0.2, 0) is 11.2 Å². The van der Waals surface area contributed by atoms with Crippen LogP contribution in [0.25, 0.3) is 11.3 Å². The van der Waals surface area contributed by atoms with Crippen molar-refractivity contribution in [2.24, 2.45) is 5.92 Å². The quantitative estimate of drug-likeness (QED) is 0.682. The summed E-state index contributed by atoms with van der Waals surface area (Å²) in [6, 6.07) is 13.3. The molecule has 3 aromatic rings. The number of amides is 2. The van der Waals surface area contributed by atoms with Gasteiger partial charge in [0.2, 0.25) is 5.91 Å². The summed E-state index contributed by atoms with van der Waals surface area (Å²) in [5, 5.41) is 10.1. The van der Waals surface area contributed by atoms with Crippen LogP contribution in [0.3, 0.4) is 0 Å². The van der Waals surface area contributed by atoms with Crippen molar-refractivity contribution in [1.82, 2.24) is 20.1 Å². The molecule has 2 aromatic heterocycles. The molecule has 1 aliphatic rings. The van der Waals surface area contributed by atoms with Crippen molar-refractivity contribution >= 4 is 17.5 Å². The van der Waals surface area contributed by atoms with Crippen molar-refractivity contribution < 1.29 is 9.59 Å². The van der Waals surface area contributed by atoms with Crippen LogP contribution in [0, 0.1) is 5.92 Å². The summed E-state index contributed by atoms with van der Waals surface area (Å²) < 4.78 is 0. The maximum absolute atomic E-state index is 13.0. The average molecular weight is 403 g/mol. The van der Waals surface area contributed by atoms with Crippen LogP contribution >= 0.6 is 0 Å². The fourth-order valence-corrected chi connectivity index (χ4v) is 3.72. The number of aryl methyl sites for hydroxylation is 1. The van der Waals surface area contributed by atoms with Crippen molar-refractivity contribution in [3.05, 3.63) is 66.1 Å². The Balaban J connectivity index is 1.40. The second-order valence-corrected chi connectivity index (χ2v) is 7.53. The minimum atomic E-state index is -0.226. The van der Waals surface area contributed by atoms with Gasteiger partial charge < -0.3 is 10.2 Å². The van der Waals surface area contributed by atoms with Gasteiger partial charge in [0, 0.05) is 36.7 Å². The number of anilines is 1. The van der Waals surface area contributed by atoms with E-state index in [0.29, 0.717) is 24.5 Å². The summed E-state index contributed by atoms with van der Waals surface area (Å²) in [4.78, 5) is 31.4. The molecule has 2 amide bonds. The van der Waals surface area contributed by atoms with Crippen molar-refractivity contribution in [2.45, 2.75) is 26.2 Å². The standard InChI is InChI=1S/C23H25N5O2/c1-2-16-5-7-19(8-6-16)25-22(29)18-4-3-13-28(15-18)23(30)21-14-20(26-27-21)17-9-11-24-12-10-17/h5-12,14,18H,2-4,13,15H2,1H3,(H,25,29)(H,26,27). The third kappa shape index (κ3) is 4.40. The number of benzene rings is 1. The van der Waals surface area contributed by atoms with Gasteiger partial charge >= 0.3 is 0 Å². The normalized spacial score (nSPS) is 16.3. The molecule has 154 valence electrons. The zero-order chi connectivity index (χ0) is 20.9. The van der Waals surface area contributed by atoms with Gasteiger partial charge in [-0.1, -0.05) is 19.1 Å². The number of H-pyrrole nitrogens is 1. The first-order valence-corrected chi connectivity index (χ1v) is 10.3. The molecule has 0 radical (unpaired) electrons. The predicted octanol–water partition coefficient (Wildman–Crippen LogP) is 3.53. The summed E-state index contributed by atoms with van der Waals surface area (Å²) in [7, 11) is 0. The molecule has 0 aliphatic carbocycles. The first-order valence-electron chi connectivity index (χ1n) is 10.3. The summed E-state index contributed by atoms with van der Waals surface area (Å²) in [6.45, 7) is 3.14. The van der Waals surface area contributed by atoms with E-state index in [9.17, 15) is 9.59 Å². The molecule has 0 spiro atoms. The molecular formula is C23H25N5O2. The summed E-state index contributed by atoms with van der Waals surface area (Å²) >= 11 is 0. The Bertz CT molecular complexity index is 1010. The van der Waals surface area contributed by atoms with Gasteiger partial charge in [0.15, 0.2) is 0 Å². The minimum absolute atomic E-state index is 0.0427. The third-order valence-electron chi connectivity index (χ3n) is 5.49. The van der Waals surface area contributed by atoms with E-state index in [4.69, 9.17) is 0 Å². The van der Waals surface area contributed by atoms with E-state index in [1.807, 2.05) is 36.4 Å². The number of piperidine rings is 1. The van der Waals surface area contributed by atoms with E-state index in [-0.39, 0.29) is 17.7 Å². The van der Waals surface area contributed by atoms with Crippen LogP contribution < -0.4 is 5.32 Å². The van der Waals surface area contributed by atoms with Crippen LogP contribution in [0.2, 0.25) is 0 Å². The molecule has 3 heterocycles. The maximum atomic E-state index is 13.0. The topological polar surface area (TPSA) is 91.0 Å². The Morgan fingerprint density at radius 3 is 2.67 bits per heavy atom. The highest BCUT2D eigenvalue weighted by Gasteiger charge is 2.29. The fourth-order valence-electron chi connectivity index (χ4n) is 3.72. The highest BCUT2D eigenvalue weighted by atomic mass is 16.2. The summed E-state index contributed by atoms with van der Waals surface area (Å²) in [5.41, 5.74) is 4.04. The summed E-state index contributed by atoms with van der Waals surface area (Å²) in [5.74, 6) is -0.400. The first-order chi connectivity index (χ1) is 14.6. The zero-order valence-corrected chi connectivity index (χ0v) is 17.0. The van der Waals surface area contributed by atoms with Gasteiger partial charge in [-0.25, -0.2) is 0 Å². The Labute approximate surface area is 175 Å². The van der Waals surface area contributed by atoms with E-state index in [2.05, 4.69) is 27.4 Å². The highest BCUT2D eigenvalue weighted by molar-refractivity contribution is 5.95.